The van der Waals surface area contributed by atoms with Crippen LogP contribution in [0.2, 0.25) is 0 Å². The van der Waals surface area contributed by atoms with Crippen LogP contribution in [0.1, 0.15) is 38.4 Å². The van der Waals surface area contributed by atoms with Gasteiger partial charge in [0.25, 0.3) is 5.91 Å². The summed E-state index contributed by atoms with van der Waals surface area (Å²) in [6.07, 6.45) is 7.24. The van der Waals surface area contributed by atoms with Crippen molar-refractivity contribution in [1.29, 1.82) is 0 Å². The molecule has 0 unspecified atom stereocenters. The van der Waals surface area contributed by atoms with Crippen LogP contribution in [0.5, 0.6) is 0 Å². The minimum atomic E-state index is -0.549. The first kappa shape index (κ1) is 16.6. The summed E-state index contributed by atoms with van der Waals surface area (Å²) in [5, 5.41) is 2.71. The number of carbonyl (C=O) groups excluding carboxylic acids is 1. The number of amides is 1. The van der Waals surface area contributed by atoms with E-state index in [0.717, 1.165) is 25.7 Å². The summed E-state index contributed by atoms with van der Waals surface area (Å²) in [5.41, 5.74) is 0.819. The third kappa shape index (κ3) is 3.64. The van der Waals surface area contributed by atoms with E-state index in [-0.39, 0.29) is 12.0 Å². The van der Waals surface area contributed by atoms with Gasteiger partial charge in [0.15, 0.2) is 0 Å². The van der Waals surface area contributed by atoms with Gasteiger partial charge in [-0.1, -0.05) is 12.8 Å². The van der Waals surface area contributed by atoms with Crippen LogP contribution in [0.3, 0.4) is 0 Å². The van der Waals surface area contributed by atoms with Crippen LogP contribution in [-0.4, -0.2) is 27.7 Å². The SMILES string of the molecule is Cc1nccn1-c1ccc(NC(=O)[C@H](C)OC2CCCC2)cc1F. The highest BCUT2D eigenvalue weighted by atomic mass is 19.1. The van der Waals surface area contributed by atoms with E-state index in [1.54, 1.807) is 42.9 Å². The summed E-state index contributed by atoms with van der Waals surface area (Å²) >= 11 is 0. The second-order valence-corrected chi connectivity index (χ2v) is 6.18. The topological polar surface area (TPSA) is 56.2 Å². The fraction of sp³-hybridized carbons (Fsp3) is 0.444. The van der Waals surface area contributed by atoms with E-state index >= 15 is 0 Å². The van der Waals surface area contributed by atoms with Gasteiger partial charge in [0.1, 0.15) is 17.7 Å². The van der Waals surface area contributed by atoms with Gasteiger partial charge in [-0.2, -0.15) is 0 Å². The number of rotatable bonds is 5. The van der Waals surface area contributed by atoms with Crippen molar-refractivity contribution in [2.24, 2.45) is 0 Å². The normalized spacial score (nSPS) is 16.3. The average molecular weight is 331 g/mol. The summed E-state index contributed by atoms with van der Waals surface area (Å²) in [6, 6.07) is 4.62. The Morgan fingerprint density at radius 3 is 2.79 bits per heavy atom. The molecule has 1 heterocycles. The third-order valence-corrected chi connectivity index (χ3v) is 4.37. The number of aromatic nitrogens is 2. The quantitative estimate of drug-likeness (QED) is 0.910. The molecule has 1 saturated carbocycles. The van der Waals surface area contributed by atoms with Crippen molar-refractivity contribution >= 4 is 11.6 Å². The first-order valence-corrected chi connectivity index (χ1v) is 8.31. The molecule has 1 atom stereocenters. The lowest BCUT2D eigenvalue weighted by Crippen LogP contribution is -2.30. The maximum atomic E-state index is 14.3. The molecular weight excluding hydrogens is 309 g/mol. The van der Waals surface area contributed by atoms with Crippen molar-refractivity contribution in [1.82, 2.24) is 9.55 Å². The largest absolute Gasteiger partial charge is 0.365 e. The Balaban J connectivity index is 1.66. The number of carbonyl (C=O) groups is 1. The van der Waals surface area contributed by atoms with E-state index in [1.165, 1.54) is 6.07 Å². The molecule has 0 spiro atoms. The highest BCUT2D eigenvalue weighted by molar-refractivity contribution is 5.94. The van der Waals surface area contributed by atoms with E-state index in [1.807, 2.05) is 0 Å². The van der Waals surface area contributed by atoms with Crippen molar-refractivity contribution < 1.29 is 13.9 Å². The number of imidazole rings is 1. The molecule has 3 rings (SSSR count). The Hall–Kier alpha value is -2.21. The Morgan fingerprint density at radius 2 is 2.17 bits per heavy atom. The molecule has 0 radical (unpaired) electrons. The minimum Gasteiger partial charge on any atom is -0.365 e. The van der Waals surface area contributed by atoms with E-state index in [9.17, 15) is 9.18 Å². The van der Waals surface area contributed by atoms with Crippen LogP contribution in [0.4, 0.5) is 10.1 Å². The van der Waals surface area contributed by atoms with Crippen LogP contribution in [0, 0.1) is 12.7 Å². The van der Waals surface area contributed by atoms with Crippen LogP contribution in [-0.2, 0) is 9.53 Å². The molecule has 0 aliphatic heterocycles. The number of nitrogens with zero attached hydrogens (tertiary/aromatic N) is 2. The Morgan fingerprint density at radius 1 is 1.42 bits per heavy atom. The van der Waals surface area contributed by atoms with Gasteiger partial charge in [-0.15, -0.1) is 0 Å². The van der Waals surface area contributed by atoms with E-state index in [0.29, 0.717) is 17.2 Å². The Kier molecular flexibility index (Phi) is 4.94. The summed E-state index contributed by atoms with van der Waals surface area (Å²) in [7, 11) is 0. The van der Waals surface area contributed by atoms with Crippen LogP contribution in [0.15, 0.2) is 30.6 Å². The van der Waals surface area contributed by atoms with Gasteiger partial charge < -0.3 is 14.6 Å². The van der Waals surface area contributed by atoms with Gasteiger partial charge in [0.2, 0.25) is 0 Å². The number of anilines is 1. The molecule has 24 heavy (non-hydrogen) atoms. The fourth-order valence-electron chi connectivity index (χ4n) is 3.03. The first-order chi connectivity index (χ1) is 11.5. The van der Waals surface area contributed by atoms with Crippen LogP contribution < -0.4 is 5.32 Å². The molecule has 5 nitrogen and oxygen atoms in total. The van der Waals surface area contributed by atoms with Crippen molar-refractivity contribution in [3.63, 3.8) is 0 Å². The van der Waals surface area contributed by atoms with Crippen molar-refractivity contribution in [2.45, 2.75) is 51.7 Å². The Labute approximate surface area is 140 Å². The molecule has 1 fully saturated rings. The van der Waals surface area contributed by atoms with Crippen molar-refractivity contribution in [2.75, 3.05) is 5.32 Å². The van der Waals surface area contributed by atoms with Crippen molar-refractivity contribution in [3.05, 3.63) is 42.2 Å². The molecule has 0 saturated heterocycles. The second-order valence-electron chi connectivity index (χ2n) is 6.18. The van der Waals surface area contributed by atoms with Crippen molar-refractivity contribution in [3.8, 4) is 5.69 Å². The van der Waals surface area contributed by atoms with Gasteiger partial charge >= 0.3 is 0 Å². The maximum absolute atomic E-state index is 14.3. The number of halogens is 1. The van der Waals surface area contributed by atoms with Gasteiger partial charge in [0.05, 0.1) is 11.8 Å². The molecule has 128 valence electrons. The zero-order valence-electron chi connectivity index (χ0n) is 14.0. The number of nitrogens with one attached hydrogen (secondary N) is 1. The number of hydrogen-bond acceptors (Lipinski definition) is 3. The second kappa shape index (κ2) is 7.13. The summed E-state index contributed by atoms with van der Waals surface area (Å²) in [4.78, 5) is 16.3. The van der Waals surface area contributed by atoms with Crippen LogP contribution in [0.25, 0.3) is 5.69 Å². The average Bonchev–Trinajstić information content (AvgIpc) is 3.19. The number of hydrogen-bond donors (Lipinski definition) is 1. The molecule has 6 heteroatoms. The molecule has 1 aliphatic rings. The lowest BCUT2D eigenvalue weighted by atomic mass is 10.2. The standard InChI is InChI=1S/C18H22FN3O2/c1-12(24-15-5-3-4-6-15)18(23)21-14-7-8-17(16(19)11-14)22-10-9-20-13(22)2/h7-12,15H,3-6H2,1-2H3,(H,21,23)/t12-/m0/s1. The lowest BCUT2D eigenvalue weighted by molar-refractivity contribution is -0.129. The molecular formula is C18H22FN3O2. The van der Waals surface area contributed by atoms with Gasteiger partial charge in [0, 0.05) is 18.1 Å². The highest BCUT2D eigenvalue weighted by Crippen LogP contribution is 2.23. The molecule has 1 aromatic heterocycles. The zero-order chi connectivity index (χ0) is 17.1. The van der Waals surface area contributed by atoms with E-state index in [4.69, 9.17) is 4.74 Å². The predicted octanol–water partition coefficient (Wildman–Crippen LogP) is 3.61. The zero-order valence-corrected chi connectivity index (χ0v) is 14.0. The summed E-state index contributed by atoms with van der Waals surface area (Å²) in [5.74, 6) is 0.0235. The lowest BCUT2D eigenvalue weighted by Gasteiger charge is -2.18. The molecule has 2 aromatic rings. The molecule has 1 aliphatic carbocycles. The van der Waals surface area contributed by atoms with E-state index in [2.05, 4.69) is 10.3 Å². The molecule has 1 N–H and O–H groups in total. The Bertz CT molecular complexity index is 723. The maximum Gasteiger partial charge on any atom is 0.253 e. The van der Waals surface area contributed by atoms with Gasteiger partial charge in [-0.3, -0.25) is 4.79 Å². The monoisotopic (exact) mass is 331 g/mol. The van der Waals surface area contributed by atoms with Gasteiger partial charge in [-0.05, 0) is 44.9 Å². The fourth-order valence-corrected chi connectivity index (χ4v) is 3.03. The first-order valence-electron chi connectivity index (χ1n) is 8.31. The molecule has 1 amide bonds. The summed E-state index contributed by atoms with van der Waals surface area (Å²) < 4.78 is 21.8. The minimum absolute atomic E-state index is 0.161. The third-order valence-electron chi connectivity index (χ3n) is 4.37. The smallest absolute Gasteiger partial charge is 0.253 e. The number of benzene rings is 1. The molecule has 0 bridgehead atoms. The van der Waals surface area contributed by atoms with E-state index < -0.39 is 11.9 Å². The van der Waals surface area contributed by atoms with Gasteiger partial charge in [-0.25, -0.2) is 9.37 Å². The number of ether oxygens (including phenoxy) is 1. The molecule has 1 aromatic carbocycles. The van der Waals surface area contributed by atoms with Crippen LogP contribution >= 0.6 is 0 Å². The highest BCUT2D eigenvalue weighted by Gasteiger charge is 2.22. The predicted molar refractivity (Wildman–Crippen MR) is 89.7 cm³/mol. The number of aryl methyl sites for hydroxylation is 1. The summed E-state index contributed by atoms with van der Waals surface area (Å²) in [6.45, 7) is 3.53.